The third-order valence-electron chi connectivity index (χ3n) is 3.45. The van der Waals surface area contributed by atoms with Gasteiger partial charge < -0.3 is 9.84 Å². The number of hydrogen-bond acceptors (Lipinski definition) is 4. The average Bonchev–Trinajstić information content (AvgIpc) is 2.62. The molecule has 1 heterocycles. The molecule has 1 N–H and O–H groups in total. The molecule has 0 aliphatic heterocycles. The number of benzene rings is 2. The van der Waals surface area contributed by atoms with E-state index in [-0.39, 0.29) is 5.56 Å². The van der Waals surface area contributed by atoms with Crippen molar-refractivity contribution in [3.05, 3.63) is 71.9 Å². The lowest BCUT2D eigenvalue weighted by atomic mass is 10.2. The Morgan fingerprint density at radius 3 is 2.54 bits per heavy atom. The van der Waals surface area contributed by atoms with E-state index in [0.29, 0.717) is 17.5 Å². The van der Waals surface area contributed by atoms with Crippen LogP contribution < -0.4 is 4.74 Å². The summed E-state index contributed by atoms with van der Waals surface area (Å²) in [5, 5.41) is 9.07. The summed E-state index contributed by atoms with van der Waals surface area (Å²) in [6, 6.07) is 17.7. The van der Waals surface area contributed by atoms with Crippen molar-refractivity contribution < 1.29 is 14.6 Å². The summed E-state index contributed by atoms with van der Waals surface area (Å²) in [5.74, 6) is 0.402. The van der Waals surface area contributed by atoms with Crippen molar-refractivity contribution in [1.82, 2.24) is 9.97 Å². The first kappa shape index (κ1) is 15.7. The molecule has 24 heavy (non-hydrogen) atoms. The normalized spacial score (nSPS) is 10.4. The highest BCUT2D eigenvalue weighted by atomic mass is 16.5. The van der Waals surface area contributed by atoms with Crippen LogP contribution in [0.25, 0.3) is 11.4 Å². The van der Waals surface area contributed by atoms with Gasteiger partial charge in [0.15, 0.2) is 5.82 Å². The number of carboxylic acid groups (broad SMARTS) is 1. The molecule has 1 aromatic heterocycles. The molecule has 0 fully saturated rings. The van der Waals surface area contributed by atoms with Crippen molar-refractivity contribution in [2.45, 2.75) is 13.3 Å². The topological polar surface area (TPSA) is 72.3 Å². The highest BCUT2D eigenvalue weighted by Gasteiger charge is 2.09. The van der Waals surface area contributed by atoms with Gasteiger partial charge in [0.05, 0.1) is 5.56 Å². The first-order valence-corrected chi connectivity index (χ1v) is 7.60. The molecule has 5 heteroatoms. The Kier molecular flexibility index (Phi) is 4.52. The summed E-state index contributed by atoms with van der Waals surface area (Å²) >= 11 is 0. The van der Waals surface area contributed by atoms with Gasteiger partial charge in [0, 0.05) is 17.3 Å². The molecule has 5 nitrogen and oxygen atoms in total. The van der Waals surface area contributed by atoms with Gasteiger partial charge in [-0.2, -0.15) is 4.98 Å². The standard InChI is InChI=1S/C19H16N2O3/c1-2-15-12-17(21-18(20-15)13-7-4-3-5-8-13)24-16-10-6-9-14(11-16)19(22)23/h3-12H,2H2,1H3,(H,22,23). The van der Waals surface area contributed by atoms with Crippen molar-refractivity contribution in [2.24, 2.45) is 0 Å². The van der Waals surface area contributed by atoms with Crippen LogP contribution in [0.4, 0.5) is 0 Å². The number of carboxylic acids is 1. The summed E-state index contributed by atoms with van der Waals surface area (Å²) in [7, 11) is 0. The van der Waals surface area contributed by atoms with Crippen LogP contribution in [0.3, 0.4) is 0 Å². The second-order valence-corrected chi connectivity index (χ2v) is 5.18. The number of aromatic carboxylic acids is 1. The molecule has 0 amide bonds. The molecule has 0 unspecified atom stereocenters. The SMILES string of the molecule is CCc1cc(Oc2cccc(C(=O)O)c2)nc(-c2ccccc2)n1. The zero-order valence-electron chi connectivity index (χ0n) is 13.1. The van der Waals surface area contributed by atoms with Gasteiger partial charge in [-0.25, -0.2) is 9.78 Å². The molecular weight excluding hydrogens is 304 g/mol. The second-order valence-electron chi connectivity index (χ2n) is 5.18. The summed E-state index contributed by atoms with van der Waals surface area (Å²) in [4.78, 5) is 20.0. The highest BCUT2D eigenvalue weighted by molar-refractivity contribution is 5.88. The highest BCUT2D eigenvalue weighted by Crippen LogP contribution is 2.24. The fourth-order valence-corrected chi connectivity index (χ4v) is 2.24. The molecule has 0 spiro atoms. The van der Waals surface area contributed by atoms with Crippen molar-refractivity contribution in [1.29, 1.82) is 0 Å². The maximum atomic E-state index is 11.1. The minimum Gasteiger partial charge on any atom is -0.478 e. The van der Waals surface area contributed by atoms with Crippen LogP contribution in [0.15, 0.2) is 60.7 Å². The Balaban J connectivity index is 1.96. The Bertz CT molecular complexity index is 863. The number of aromatic nitrogens is 2. The molecule has 3 aromatic rings. The number of hydrogen-bond donors (Lipinski definition) is 1. The predicted octanol–water partition coefficient (Wildman–Crippen LogP) is 4.20. The van der Waals surface area contributed by atoms with Crippen molar-refractivity contribution in [3.63, 3.8) is 0 Å². The van der Waals surface area contributed by atoms with Crippen LogP contribution in [0.2, 0.25) is 0 Å². The molecule has 3 rings (SSSR count). The van der Waals surface area contributed by atoms with Gasteiger partial charge in [-0.05, 0) is 24.6 Å². The van der Waals surface area contributed by atoms with Crippen LogP contribution in [0, 0.1) is 0 Å². The average molecular weight is 320 g/mol. The smallest absolute Gasteiger partial charge is 0.335 e. The van der Waals surface area contributed by atoms with Crippen molar-refractivity contribution in [3.8, 4) is 23.0 Å². The summed E-state index contributed by atoms with van der Waals surface area (Å²) < 4.78 is 5.76. The van der Waals surface area contributed by atoms with Gasteiger partial charge >= 0.3 is 5.97 Å². The number of nitrogens with zero attached hydrogens (tertiary/aromatic N) is 2. The van der Waals surface area contributed by atoms with Gasteiger partial charge in [0.25, 0.3) is 0 Å². The number of carbonyl (C=O) groups is 1. The maximum Gasteiger partial charge on any atom is 0.335 e. The lowest BCUT2D eigenvalue weighted by Crippen LogP contribution is -1.99. The maximum absolute atomic E-state index is 11.1. The molecule has 0 saturated heterocycles. The molecule has 0 radical (unpaired) electrons. The van der Waals surface area contributed by atoms with E-state index in [4.69, 9.17) is 9.84 Å². The van der Waals surface area contributed by atoms with E-state index >= 15 is 0 Å². The summed E-state index contributed by atoms with van der Waals surface area (Å²) in [6.07, 6.45) is 0.744. The second kappa shape index (κ2) is 6.91. The fourth-order valence-electron chi connectivity index (χ4n) is 2.24. The molecule has 120 valence electrons. The fraction of sp³-hybridized carbons (Fsp3) is 0.105. The zero-order valence-corrected chi connectivity index (χ0v) is 13.1. The summed E-state index contributed by atoms with van der Waals surface area (Å²) in [6.45, 7) is 2.01. The van der Waals surface area contributed by atoms with E-state index < -0.39 is 5.97 Å². The lowest BCUT2D eigenvalue weighted by molar-refractivity contribution is 0.0696. The molecule has 0 saturated carbocycles. The molecule has 0 aliphatic carbocycles. The number of ether oxygens (including phenoxy) is 1. The van der Waals surface area contributed by atoms with E-state index in [9.17, 15) is 4.79 Å². The monoisotopic (exact) mass is 320 g/mol. The Labute approximate surface area is 139 Å². The van der Waals surface area contributed by atoms with E-state index in [1.54, 1.807) is 18.2 Å². The van der Waals surface area contributed by atoms with Crippen LogP contribution >= 0.6 is 0 Å². The molecular formula is C19H16N2O3. The first-order valence-electron chi connectivity index (χ1n) is 7.60. The van der Waals surface area contributed by atoms with Crippen molar-refractivity contribution >= 4 is 5.97 Å². The number of aryl methyl sites for hydroxylation is 1. The quantitative estimate of drug-likeness (QED) is 0.763. The van der Waals surface area contributed by atoms with E-state index in [2.05, 4.69) is 9.97 Å². The van der Waals surface area contributed by atoms with Gasteiger partial charge in [0.2, 0.25) is 5.88 Å². The minimum absolute atomic E-state index is 0.167. The zero-order chi connectivity index (χ0) is 16.9. The number of rotatable bonds is 5. The van der Waals surface area contributed by atoms with Gasteiger partial charge in [-0.3, -0.25) is 0 Å². The van der Waals surface area contributed by atoms with Crippen LogP contribution in [0.5, 0.6) is 11.6 Å². The van der Waals surface area contributed by atoms with E-state index in [1.807, 2.05) is 37.3 Å². The van der Waals surface area contributed by atoms with Crippen molar-refractivity contribution in [2.75, 3.05) is 0 Å². The van der Waals surface area contributed by atoms with Crippen LogP contribution in [-0.4, -0.2) is 21.0 Å². The lowest BCUT2D eigenvalue weighted by Gasteiger charge is -2.09. The van der Waals surface area contributed by atoms with Crippen LogP contribution in [0.1, 0.15) is 23.0 Å². The first-order chi connectivity index (χ1) is 11.7. The molecule has 0 aliphatic rings. The van der Waals surface area contributed by atoms with Gasteiger partial charge in [0.1, 0.15) is 5.75 Å². The largest absolute Gasteiger partial charge is 0.478 e. The Morgan fingerprint density at radius 1 is 1.04 bits per heavy atom. The summed E-state index contributed by atoms with van der Waals surface area (Å²) in [5.41, 5.74) is 1.92. The van der Waals surface area contributed by atoms with Gasteiger partial charge in [-0.15, -0.1) is 0 Å². The third kappa shape index (κ3) is 3.57. The molecule has 2 aromatic carbocycles. The van der Waals surface area contributed by atoms with Crippen LogP contribution in [-0.2, 0) is 6.42 Å². The van der Waals surface area contributed by atoms with E-state index in [1.165, 1.54) is 12.1 Å². The van der Waals surface area contributed by atoms with Gasteiger partial charge in [-0.1, -0.05) is 43.3 Å². The predicted molar refractivity (Wildman–Crippen MR) is 90.3 cm³/mol. The Morgan fingerprint density at radius 2 is 1.83 bits per heavy atom. The van der Waals surface area contributed by atoms with E-state index in [0.717, 1.165) is 17.7 Å². The minimum atomic E-state index is -0.998. The Hall–Kier alpha value is -3.21. The third-order valence-corrected chi connectivity index (χ3v) is 3.45. The molecule has 0 bridgehead atoms. The molecule has 0 atom stereocenters.